The number of likely N-dealkylation sites (tertiary alicyclic amines) is 1. The highest BCUT2D eigenvalue weighted by Gasteiger charge is 2.24. The molecule has 0 radical (unpaired) electrons. The topological polar surface area (TPSA) is 88.5 Å². The molecule has 2 heterocycles. The Labute approximate surface area is 164 Å². The molecular formula is C20H27N5O3. The van der Waals surface area contributed by atoms with Crippen LogP contribution in [0.3, 0.4) is 0 Å². The summed E-state index contributed by atoms with van der Waals surface area (Å²) in [5.41, 5.74) is 1.92. The van der Waals surface area contributed by atoms with Crippen LogP contribution in [-0.2, 0) is 16.1 Å². The third-order valence-electron chi connectivity index (χ3n) is 4.87. The van der Waals surface area contributed by atoms with Crippen molar-refractivity contribution in [2.24, 2.45) is 0 Å². The standard InChI is InChI=1S/C20H27N5O3/c1-28-12-9-21-19(26)15-25-14-18(13-22-25)23-20(27)24-10-7-17(8-11-24)16-5-3-2-4-6-16/h2-6,13-14,17H,7-12,15H2,1H3,(H,21,26)(H,23,27). The van der Waals surface area contributed by atoms with Gasteiger partial charge < -0.3 is 20.3 Å². The average Bonchev–Trinajstić information content (AvgIpc) is 3.15. The molecule has 3 rings (SSSR count). The van der Waals surface area contributed by atoms with E-state index in [1.54, 1.807) is 19.5 Å². The van der Waals surface area contributed by atoms with Gasteiger partial charge in [0.1, 0.15) is 6.54 Å². The number of nitrogens with zero attached hydrogens (tertiary/aromatic N) is 3. The zero-order valence-corrected chi connectivity index (χ0v) is 16.1. The molecule has 1 aliphatic rings. The van der Waals surface area contributed by atoms with Crippen molar-refractivity contribution in [2.45, 2.75) is 25.3 Å². The Hall–Kier alpha value is -2.87. The first kappa shape index (κ1) is 19.9. The third kappa shape index (κ3) is 5.56. The molecule has 2 aromatic rings. The lowest BCUT2D eigenvalue weighted by Crippen LogP contribution is -2.40. The summed E-state index contributed by atoms with van der Waals surface area (Å²) in [6, 6.07) is 10.3. The molecule has 1 fully saturated rings. The van der Waals surface area contributed by atoms with Crippen molar-refractivity contribution in [2.75, 3.05) is 38.7 Å². The lowest BCUT2D eigenvalue weighted by molar-refractivity contribution is -0.122. The molecule has 0 atom stereocenters. The SMILES string of the molecule is COCCNC(=O)Cn1cc(NC(=O)N2CCC(c3ccccc3)CC2)cn1. The summed E-state index contributed by atoms with van der Waals surface area (Å²) in [5.74, 6) is 0.352. The van der Waals surface area contributed by atoms with E-state index in [4.69, 9.17) is 4.74 Å². The van der Waals surface area contributed by atoms with Gasteiger partial charge in [-0.05, 0) is 24.3 Å². The summed E-state index contributed by atoms with van der Waals surface area (Å²) in [6.07, 6.45) is 5.12. The first-order chi connectivity index (χ1) is 13.7. The second-order valence-corrected chi connectivity index (χ2v) is 6.87. The Morgan fingerprint density at radius 2 is 1.96 bits per heavy atom. The first-order valence-corrected chi connectivity index (χ1v) is 9.54. The maximum absolute atomic E-state index is 12.5. The zero-order chi connectivity index (χ0) is 19.8. The summed E-state index contributed by atoms with van der Waals surface area (Å²) in [6.45, 7) is 2.47. The van der Waals surface area contributed by atoms with Gasteiger partial charge in [0, 0.05) is 32.9 Å². The summed E-state index contributed by atoms with van der Waals surface area (Å²) in [5, 5.41) is 9.72. The molecule has 1 aliphatic heterocycles. The van der Waals surface area contributed by atoms with Gasteiger partial charge in [0.25, 0.3) is 0 Å². The number of carbonyl (C=O) groups excluding carboxylic acids is 2. The molecule has 3 amide bonds. The van der Waals surface area contributed by atoms with Crippen LogP contribution < -0.4 is 10.6 Å². The number of hydrogen-bond donors (Lipinski definition) is 2. The number of piperidine rings is 1. The van der Waals surface area contributed by atoms with Crippen molar-refractivity contribution in [1.29, 1.82) is 0 Å². The van der Waals surface area contributed by atoms with E-state index in [1.807, 2.05) is 11.0 Å². The molecule has 0 bridgehead atoms. The molecule has 0 spiro atoms. The summed E-state index contributed by atoms with van der Waals surface area (Å²) in [4.78, 5) is 26.1. The number of anilines is 1. The van der Waals surface area contributed by atoms with Gasteiger partial charge >= 0.3 is 6.03 Å². The number of carbonyl (C=O) groups is 2. The maximum atomic E-state index is 12.5. The van der Waals surface area contributed by atoms with E-state index in [0.717, 1.165) is 25.9 Å². The quantitative estimate of drug-likeness (QED) is 0.714. The molecule has 8 nitrogen and oxygen atoms in total. The average molecular weight is 385 g/mol. The largest absolute Gasteiger partial charge is 0.383 e. The van der Waals surface area contributed by atoms with E-state index in [9.17, 15) is 9.59 Å². The minimum Gasteiger partial charge on any atom is -0.383 e. The Bertz CT molecular complexity index is 769. The number of ether oxygens (including phenoxy) is 1. The molecule has 150 valence electrons. The Balaban J connectivity index is 1.44. The minimum absolute atomic E-state index is 0.0993. The fourth-order valence-corrected chi connectivity index (χ4v) is 3.35. The van der Waals surface area contributed by atoms with Gasteiger partial charge in [-0.3, -0.25) is 9.48 Å². The van der Waals surface area contributed by atoms with Gasteiger partial charge in [-0.25, -0.2) is 4.79 Å². The normalized spacial score (nSPS) is 14.7. The van der Waals surface area contributed by atoms with Crippen LogP contribution in [0.25, 0.3) is 0 Å². The van der Waals surface area contributed by atoms with Crippen molar-refractivity contribution in [3.8, 4) is 0 Å². The van der Waals surface area contributed by atoms with Crippen molar-refractivity contribution in [1.82, 2.24) is 20.0 Å². The zero-order valence-electron chi connectivity index (χ0n) is 16.1. The molecule has 0 aliphatic carbocycles. The fourth-order valence-electron chi connectivity index (χ4n) is 3.35. The van der Waals surface area contributed by atoms with Crippen LogP contribution in [0.15, 0.2) is 42.7 Å². The molecule has 0 unspecified atom stereocenters. The van der Waals surface area contributed by atoms with E-state index < -0.39 is 0 Å². The van der Waals surface area contributed by atoms with Crippen molar-refractivity contribution in [3.63, 3.8) is 0 Å². The van der Waals surface area contributed by atoms with Gasteiger partial charge in [0.15, 0.2) is 0 Å². The molecule has 0 saturated carbocycles. The predicted octanol–water partition coefficient (Wildman–Crippen LogP) is 2.06. The predicted molar refractivity (Wildman–Crippen MR) is 106 cm³/mol. The van der Waals surface area contributed by atoms with Gasteiger partial charge in [-0.15, -0.1) is 0 Å². The van der Waals surface area contributed by atoms with Crippen LogP contribution in [0.4, 0.5) is 10.5 Å². The molecule has 28 heavy (non-hydrogen) atoms. The van der Waals surface area contributed by atoms with Crippen molar-refractivity contribution >= 4 is 17.6 Å². The lowest BCUT2D eigenvalue weighted by Gasteiger charge is -2.32. The van der Waals surface area contributed by atoms with Crippen molar-refractivity contribution < 1.29 is 14.3 Å². The lowest BCUT2D eigenvalue weighted by atomic mass is 9.90. The van der Waals surface area contributed by atoms with E-state index in [0.29, 0.717) is 24.8 Å². The van der Waals surface area contributed by atoms with Crippen LogP contribution in [0, 0.1) is 0 Å². The number of methoxy groups -OCH3 is 1. The van der Waals surface area contributed by atoms with Crippen LogP contribution in [-0.4, -0.2) is 60.0 Å². The van der Waals surface area contributed by atoms with Gasteiger partial charge in [-0.2, -0.15) is 5.10 Å². The van der Waals surface area contributed by atoms with Gasteiger partial charge in [-0.1, -0.05) is 30.3 Å². The van der Waals surface area contributed by atoms with Crippen LogP contribution >= 0.6 is 0 Å². The highest BCUT2D eigenvalue weighted by Crippen LogP contribution is 2.27. The molecule has 1 aromatic carbocycles. The van der Waals surface area contributed by atoms with Crippen LogP contribution in [0.1, 0.15) is 24.3 Å². The number of benzene rings is 1. The highest BCUT2D eigenvalue weighted by molar-refractivity contribution is 5.89. The minimum atomic E-state index is -0.152. The maximum Gasteiger partial charge on any atom is 0.321 e. The Kier molecular flexibility index (Phi) is 7.02. The first-order valence-electron chi connectivity index (χ1n) is 9.54. The van der Waals surface area contributed by atoms with E-state index in [2.05, 4.69) is 40.0 Å². The highest BCUT2D eigenvalue weighted by atomic mass is 16.5. The van der Waals surface area contributed by atoms with Crippen LogP contribution in [0.2, 0.25) is 0 Å². The van der Waals surface area contributed by atoms with Crippen LogP contribution in [0.5, 0.6) is 0 Å². The molecule has 1 aromatic heterocycles. The molecule has 1 saturated heterocycles. The number of nitrogens with one attached hydrogen (secondary N) is 2. The Morgan fingerprint density at radius 1 is 1.21 bits per heavy atom. The van der Waals surface area contributed by atoms with E-state index >= 15 is 0 Å². The third-order valence-corrected chi connectivity index (χ3v) is 4.87. The second-order valence-electron chi connectivity index (χ2n) is 6.87. The summed E-state index contributed by atoms with van der Waals surface area (Å²) >= 11 is 0. The molecular weight excluding hydrogens is 358 g/mol. The second kappa shape index (κ2) is 9.89. The van der Waals surface area contributed by atoms with Gasteiger partial charge in [0.05, 0.1) is 18.5 Å². The smallest absolute Gasteiger partial charge is 0.321 e. The number of urea groups is 1. The fraction of sp³-hybridized carbons (Fsp3) is 0.450. The summed E-state index contributed by atoms with van der Waals surface area (Å²) in [7, 11) is 1.58. The molecule has 2 N–H and O–H groups in total. The molecule has 8 heteroatoms. The number of rotatable bonds is 7. The van der Waals surface area contributed by atoms with Gasteiger partial charge in [0.2, 0.25) is 5.91 Å². The number of hydrogen-bond acceptors (Lipinski definition) is 4. The van der Waals surface area contributed by atoms with Crippen molar-refractivity contribution in [3.05, 3.63) is 48.3 Å². The summed E-state index contributed by atoms with van der Waals surface area (Å²) < 4.78 is 6.39. The Morgan fingerprint density at radius 3 is 2.68 bits per heavy atom. The number of amides is 3. The van der Waals surface area contributed by atoms with E-state index in [-0.39, 0.29) is 18.5 Å². The monoisotopic (exact) mass is 385 g/mol. The van der Waals surface area contributed by atoms with E-state index in [1.165, 1.54) is 10.2 Å². The number of aromatic nitrogens is 2.